The van der Waals surface area contributed by atoms with Gasteiger partial charge in [-0.05, 0) is 12.1 Å². The van der Waals surface area contributed by atoms with Crippen LogP contribution < -0.4 is 5.32 Å². The first kappa shape index (κ1) is 13.4. The maximum absolute atomic E-state index is 11.5. The van der Waals surface area contributed by atoms with Crippen molar-refractivity contribution in [1.82, 2.24) is 9.29 Å². The van der Waals surface area contributed by atoms with Crippen LogP contribution in [0.15, 0.2) is 18.3 Å². The van der Waals surface area contributed by atoms with Crippen molar-refractivity contribution in [3.05, 3.63) is 23.9 Å². The van der Waals surface area contributed by atoms with Crippen molar-refractivity contribution in [3.8, 4) is 6.07 Å². The van der Waals surface area contributed by atoms with Crippen LogP contribution in [-0.4, -0.2) is 44.1 Å². The van der Waals surface area contributed by atoms with Crippen molar-refractivity contribution in [2.45, 2.75) is 0 Å². The fourth-order valence-electron chi connectivity index (χ4n) is 1.09. The summed E-state index contributed by atoms with van der Waals surface area (Å²) in [5, 5.41) is 11.5. The summed E-state index contributed by atoms with van der Waals surface area (Å²) in [6, 6.07) is 5.14. The fourth-order valence-corrected chi connectivity index (χ4v) is 1.81. The molecule has 0 radical (unpaired) electrons. The number of anilines is 1. The summed E-state index contributed by atoms with van der Waals surface area (Å²) >= 11 is 0. The average molecular weight is 254 g/mol. The van der Waals surface area contributed by atoms with Crippen molar-refractivity contribution in [3.63, 3.8) is 0 Å². The Kier molecular flexibility index (Phi) is 4.43. The number of nitrogens with one attached hydrogen (secondary N) is 1. The summed E-state index contributed by atoms with van der Waals surface area (Å²) in [6.45, 7) is 0.252. The van der Waals surface area contributed by atoms with Crippen molar-refractivity contribution >= 4 is 15.8 Å². The molecule has 0 spiro atoms. The lowest BCUT2D eigenvalue weighted by molar-refractivity contribution is 0.521. The highest BCUT2D eigenvalue weighted by molar-refractivity contribution is 7.89. The molecule has 1 rings (SSSR count). The van der Waals surface area contributed by atoms with Gasteiger partial charge in [-0.2, -0.15) is 5.26 Å². The molecule has 0 fully saturated rings. The first-order chi connectivity index (χ1) is 7.95. The molecule has 0 atom stereocenters. The zero-order valence-electron chi connectivity index (χ0n) is 9.71. The summed E-state index contributed by atoms with van der Waals surface area (Å²) in [5.74, 6) is 0.483. The van der Waals surface area contributed by atoms with E-state index in [0.29, 0.717) is 11.4 Å². The first-order valence-electron chi connectivity index (χ1n) is 4.96. The Balaban J connectivity index is 2.55. The number of hydrogen-bond donors (Lipinski definition) is 1. The standard InChI is InChI=1S/C10H14N4O2S/c1-14(2)17(15,16)6-5-13-10-7-9(8-11)3-4-12-10/h3-4,7H,5-6H2,1-2H3,(H,12,13). The van der Waals surface area contributed by atoms with E-state index in [1.807, 2.05) is 6.07 Å². The maximum Gasteiger partial charge on any atom is 0.215 e. The molecule has 0 aliphatic heterocycles. The van der Waals surface area contributed by atoms with Gasteiger partial charge in [-0.3, -0.25) is 0 Å². The SMILES string of the molecule is CN(C)S(=O)(=O)CCNc1cc(C#N)ccn1. The molecule has 0 saturated heterocycles. The number of rotatable bonds is 5. The van der Waals surface area contributed by atoms with Gasteiger partial charge in [-0.15, -0.1) is 0 Å². The summed E-state index contributed by atoms with van der Waals surface area (Å²) in [5.41, 5.74) is 0.484. The van der Waals surface area contributed by atoms with Crippen LogP contribution in [0, 0.1) is 11.3 Å². The molecule has 0 bridgehead atoms. The van der Waals surface area contributed by atoms with E-state index in [9.17, 15) is 8.42 Å². The van der Waals surface area contributed by atoms with Gasteiger partial charge >= 0.3 is 0 Å². The quantitative estimate of drug-likeness (QED) is 0.814. The van der Waals surface area contributed by atoms with E-state index in [4.69, 9.17) is 5.26 Å². The van der Waals surface area contributed by atoms with Crippen LogP contribution in [0.4, 0.5) is 5.82 Å². The molecule has 92 valence electrons. The zero-order valence-corrected chi connectivity index (χ0v) is 10.5. The largest absolute Gasteiger partial charge is 0.369 e. The molecule has 0 aliphatic rings. The Morgan fingerprint density at radius 1 is 1.53 bits per heavy atom. The summed E-state index contributed by atoms with van der Waals surface area (Å²) < 4.78 is 24.1. The summed E-state index contributed by atoms with van der Waals surface area (Å²) in [4.78, 5) is 3.98. The monoisotopic (exact) mass is 254 g/mol. The minimum absolute atomic E-state index is 0.0154. The Labute approximate surface area is 101 Å². The Hall–Kier alpha value is -1.65. The second-order valence-corrected chi connectivity index (χ2v) is 5.87. The van der Waals surface area contributed by atoms with Crippen LogP contribution in [-0.2, 0) is 10.0 Å². The van der Waals surface area contributed by atoms with Crippen molar-refractivity contribution in [2.75, 3.05) is 31.7 Å². The van der Waals surface area contributed by atoms with E-state index in [0.717, 1.165) is 0 Å². The number of sulfonamides is 1. The van der Waals surface area contributed by atoms with E-state index in [1.54, 1.807) is 12.1 Å². The van der Waals surface area contributed by atoms with Gasteiger partial charge in [0.05, 0.1) is 17.4 Å². The summed E-state index contributed by atoms with van der Waals surface area (Å²) in [6.07, 6.45) is 1.50. The Bertz CT molecular complexity index is 519. The lowest BCUT2D eigenvalue weighted by Crippen LogP contribution is -2.28. The van der Waals surface area contributed by atoms with E-state index < -0.39 is 10.0 Å². The molecule has 0 unspecified atom stereocenters. The van der Waals surface area contributed by atoms with Crippen LogP contribution in [0.1, 0.15) is 5.56 Å². The van der Waals surface area contributed by atoms with E-state index >= 15 is 0 Å². The van der Waals surface area contributed by atoms with E-state index in [-0.39, 0.29) is 12.3 Å². The fraction of sp³-hybridized carbons (Fsp3) is 0.400. The van der Waals surface area contributed by atoms with Crippen LogP contribution in [0.5, 0.6) is 0 Å². The second kappa shape index (κ2) is 5.61. The van der Waals surface area contributed by atoms with Gasteiger partial charge in [0.25, 0.3) is 0 Å². The molecule has 1 aromatic heterocycles. The number of nitrogens with zero attached hydrogens (tertiary/aromatic N) is 3. The average Bonchev–Trinajstić information content (AvgIpc) is 2.29. The van der Waals surface area contributed by atoms with Gasteiger partial charge in [-0.1, -0.05) is 0 Å². The molecule has 0 saturated carbocycles. The highest BCUT2D eigenvalue weighted by atomic mass is 32.2. The van der Waals surface area contributed by atoms with Gasteiger partial charge in [0, 0.05) is 26.8 Å². The molecule has 0 amide bonds. The van der Waals surface area contributed by atoms with Gasteiger partial charge in [-0.25, -0.2) is 17.7 Å². The minimum Gasteiger partial charge on any atom is -0.369 e. The molecular weight excluding hydrogens is 240 g/mol. The molecule has 0 aromatic carbocycles. The number of nitriles is 1. The van der Waals surface area contributed by atoms with Gasteiger partial charge in [0.1, 0.15) is 5.82 Å². The predicted molar refractivity (Wildman–Crippen MR) is 64.9 cm³/mol. The highest BCUT2D eigenvalue weighted by Crippen LogP contribution is 2.05. The van der Waals surface area contributed by atoms with Crippen molar-refractivity contribution in [1.29, 1.82) is 5.26 Å². The molecule has 1 N–H and O–H groups in total. The van der Waals surface area contributed by atoms with E-state index in [2.05, 4.69) is 10.3 Å². The van der Waals surface area contributed by atoms with E-state index in [1.165, 1.54) is 24.6 Å². The third-order valence-corrected chi connectivity index (χ3v) is 3.94. The lowest BCUT2D eigenvalue weighted by atomic mass is 10.3. The molecule has 7 heteroatoms. The number of hydrogen-bond acceptors (Lipinski definition) is 5. The lowest BCUT2D eigenvalue weighted by Gasteiger charge is -2.11. The number of aromatic nitrogens is 1. The number of pyridine rings is 1. The molecule has 17 heavy (non-hydrogen) atoms. The molecule has 0 aliphatic carbocycles. The minimum atomic E-state index is -3.21. The molecule has 1 heterocycles. The van der Waals surface area contributed by atoms with Crippen LogP contribution in [0.25, 0.3) is 0 Å². The molecule has 1 aromatic rings. The zero-order chi connectivity index (χ0) is 12.9. The predicted octanol–water partition coefficient (Wildman–Crippen LogP) is 0.257. The van der Waals surface area contributed by atoms with Crippen LogP contribution in [0.3, 0.4) is 0 Å². The van der Waals surface area contributed by atoms with Gasteiger partial charge in [0.15, 0.2) is 0 Å². The molecule has 6 nitrogen and oxygen atoms in total. The molecular formula is C10H14N4O2S. The third-order valence-electron chi connectivity index (χ3n) is 2.11. The van der Waals surface area contributed by atoms with Gasteiger partial charge in [0.2, 0.25) is 10.0 Å². The van der Waals surface area contributed by atoms with Crippen LogP contribution in [0.2, 0.25) is 0 Å². The maximum atomic E-state index is 11.5. The third kappa shape index (κ3) is 4.01. The second-order valence-electron chi connectivity index (χ2n) is 3.57. The smallest absolute Gasteiger partial charge is 0.215 e. The van der Waals surface area contributed by atoms with Gasteiger partial charge < -0.3 is 5.32 Å². The normalized spacial score (nSPS) is 11.2. The highest BCUT2D eigenvalue weighted by Gasteiger charge is 2.12. The summed E-state index contributed by atoms with van der Waals surface area (Å²) in [7, 11) is -0.226. The van der Waals surface area contributed by atoms with Crippen molar-refractivity contribution < 1.29 is 8.42 Å². The first-order valence-corrected chi connectivity index (χ1v) is 6.57. The Morgan fingerprint density at radius 2 is 2.24 bits per heavy atom. The van der Waals surface area contributed by atoms with Crippen LogP contribution >= 0.6 is 0 Å². The Morgan fingerprint density at radius 3 is 2.82 bits per heavy atom. The topological polar surface area (TPSA) is 86.1 Å². The van der Waals surface area contributed by atoms with Crippen molar-refractivity contribution in [2.24, 2.45) is 0 Å².